The Bertz CT molecular complexity index is 3810. The molecule has 13 aromatic rings. The molecule has 13 rings (SSSR count). The Labute approximate surface area is 343 Å². The van der Waals surface area contributed by atoms with Gasteiger partial charge in [-0.3, -0.25) is 0 Å². The molecule has 0 amide bonds. The summed E-state index contributed by atoms with van der Waals surface area (Å²) in [6.45, 7) is 0. The highest BCUT2D eigenvalue weighted by atomic mass is 16.3. The lowest BCUT2D eigenvalue weighted by molar-refractivity contribution is 0.669. The van der Waals surface area contributed by atoms with E-state index in [1.807, 2.05) is 12.1 Å². The number of benzene rings is 10. The van der Waals surface area contributed by atoms with Gasteiger partial charge in [-0.2, -0.15) is 0 Å². The van der Waals surface area contributed by atoms with Crippen molar-refractivity contribution in [2.24, 2.45) is 0 Å². The number of furan rings is 1. The van der Waals surface area contributed by atoms with Gasteiger partial charge in [0.05, 0.1) is 22.1 Å². The molecule has 0 saturated heterocycles. The maximum Gasteiger partial charge on any atom is 0.166 e. The van der Waals surface area contributed by atoms with E-state index in [0.717, 1.165) is 76.9 Å². The van der Waals surface area contributed by atoms with E-state index < -0.39 is 0 Å². The molecule has 0 saturated carbocycles. The van der Waals surface area contributed by atoms with Crippen molar-refractivity contribution >= 4 is 86.8 Å². The quantitative estimate of drug-likeness (QED) is 0.179. The molecular weight excluding hydrogens is 733 g/mol. The second-order valence-corrected chi connectivity index (χ2v) is 15.5. The minimum absolute atomic E-state index is 0.578. The molecule has 0 radical (unpaired) electrons. The molecule has 5 nitrogen and oxygen atoms in total. The van der Waals surface area contributed by atoms with Crippen molar-refractivity contribution in [2.45, 2.75) is 0 Å². The van der Waals surface area contributed by atoms with Crippen molar-refractivity contribution < 1.29 is 4.42 Å². The summed E-state index contributed by atoms with van der Waals surface area (Å²) in [7, 11) is 0. The van der Waals surface area contributed by atoms with Crippen molar-refractivity contribution in [1.82, 2.24) is 19.5 Å². The number of rotatable bonds is 4. The lowest BCUT2D eigenvalue weighted by atomic mass is 10.0. The van der Waals surface area contributed by atoms with Gasteiger partial charge >= 0.3 is 0 Å². The molecule has 10 aromatic carbocycles. The van der Waals surface area contributed by atoms with Crippen LogP contribution >= 0.6 is 0 Å². The zero-order valence-electron chi connectivity index (χ0n) is 32.2. The van der Waals surface area contributed by atoms with Gasteiger partial charge < -0.3 is 8.98 Å². The first-order chi connectivity index (χ1) is 29.7. The van der Waals surface area contributed by atoms with Gasteiger partial charge in [-0.05, 0) is 79.5 Å². The van der Waals surface area contributed by atoms with Crippen LogP contribution in [0.5, 0.6) is 0 Å². The molecule has 0 spiro atoms. The molecule has 3 heterocycles. The summed E-state index contributed by atoms with van der Waals surface area (Å²) in [5.74, 6) is 1.80. The molecule has 0 aliphatic rings. The van der Waals surface area contributed by atoms with Crippen molar-refractivity contribution in [3.05, 3.63) is 194 Å². The van der Waals surface area contributed by atoms with E-state index in [2.05, 4.69) is 187 Å². The molecule has 0 atom stereocenters. The van der Waals surface area contributed by atoms with Gasteiger partial charge in [0.1, 0.15) is 11.2 Å². The minimum Gasteiger partial charge on any atom is -0.456 e. The highest BCUT2D eigenvalue weighted by molar-refractivity contribution is 6.25. The van der Waals surface area contributed by atoms with E-state index >= 15 is 0 Å². The van der Waals surface area contributed by atoms with Gasteiger partial charge in [-0.25, -0.2) is 15.0 Å². The van der Waals surface area contributed by atoms with E-state index in [1.54, 1.807) is 0 Å². The Balaban J connectivity index is 1.21. The predicted molar refractivity (Wildman–Crippen MR) is 248 cm³/mol. The van der Waals surface area contributed by atoms with Crippen LogP contribution in [0.2, 0.25) is 0 Å². The number of hydrogen-bond acceptors (Lipinski definition) is 4. The van der Waals surface area contributed by atoms with Crippen LogP contribution in [-0.2, 0) is 0 Å². The minimum atomic E-state index is 0.578. The fourth-order valence-electron chi connectivity index (χ4n) is 9.50. The first-order valence-corrected chi connectivity index (χ1v) is 20.3. The third-order valence-electron chi connectivity index (χ3n) is 12.2. The van der Waals surface area contributed by atoms with Gasteiger partial charge in [-0.1, -0.05) is 158 Å². The lowest BCUT2D eigenvalue weighted by Gasteiger charge is -2.17. The number of aromatic nitrogens is 4. The number of fused-ring (bicyclic) bond motifs is 11. The van der Waals surface area contributed by atoms with Gasteiger partial charge in [-0.15, -0.1) is 0 Å². The lowest BCUT2D eigenvalue weighted by Crippen LogP contribution is -2.04. The molecule has 0 fully saturated rings. The van der Waals surface area contributed by atoms with E-state index in [0.29, 0.717) is 17.5 Å². The predicted octanol–water partition coefficient (Wildman–Crippen LogP) is 14.5. The highest BCUT2D eigenvalue weighted by Crippen LogP contribution is 2.45. The Hall–Kier alpha value is -8.15. The molecule has 0 aliphatic carbocycles. The Kier molecular flexibility index (Phi) is 6.95. The van der Waals surface area contributed by atoms with Gasteiger partial charge in [0.2, 0.25) is 0 Å². The molecule has 3 aromatic heterocycles. The largest absolute Gasteiger partial charge is 0.456 e. The number of para-hydroxylation sites is 1. The normalized spacial score (nSPS) is 12.0. The number of nitrogens with zero attached hydrogens (tertiary/aromatic N) is 4. The average molecular weight is 765 g/mol. The van der Waals surface area contributed by atoms with Crippen LogP contribution in [0.3, 0.4) is 0 Å². The van der Waals surface area contributed by atoms with Crippen LogP contribution in [0, 0.1) is 0 Å². The number of hydrogen-bond donors (Lipinski definition) is 0. The van der Waals surface area contributed by atoms with Crippen LogP contribution in [0.15, 0.2) is 199 Å². The summed E-state index contributed by atoms with van der Waals surface area (Å²) in [6.07, 6.45) is 0. The Morgan fingerprint density at radius 2 is 0.833 bits per heavy atom. The summed E-state index contributed by atoms with van der Waals surface area (Å²) in [5.41, 5.74) is 7.54. The topological polar surface area (TPSA) is 56.7 Å². The summed E-state index contributed by atoms with van der Waals surface area (Å²) in [4.78, 5) is 16.2. The van der Waals surface area contributed by atoms with Gasteiger partial charge in [0.25, 0.3) is 0 Å². The standard InChI is InChI=1S/C55H32N4O/c1-2-17-37-32-47-45(31-36(37)16-1)50-40-22-8-5-15-35(40)27-29-46(50)59(47)52-44(28-30-49-51(52)43-23-9-10-26-48(43)60-49)55-57-53(41-24-11-18-33-13-3-6-20-38(33)41)56-54(58-55)42-25-12-19-34-14-4-7-21-39(34)42/h1-32H. The second-order valence-electron chi connectivity index (χ2n) is 15.5. The van der Waals surface area contributed by atoms with Crippen LogP contribution in [-0.4, -0.2) is 19.5 Å². The molecule has 0 N–H and O–H groups in total. The first-order valence-electron chi connectivity index (χ1n) is 20.3. The van der Waals surface area contributed by atoms with Crippen LogP contribution < -0.4 is 0 Å². The van der Waals surface area contributed by atoms with E-state index in [-0.39, 0.29) is 0 Å². The van der Waals surface area contributed by atoms with E-state index in [9.17, 15) is 0 Å². The maximum absolute atomic E-state index is 6.66. The Morgan fingerprint density at radius 3 is 1.50 bits per heavy atom. The molecule has 5 heteroatoms. The van der Waals surface area contributed by atoms with Gasteiger partial charge in [0, 0.05) is 32.8 Å². The van der Waals surface area contributed by atoms with Crippen molar-refractivity contribution in [3.63, 3.8) is 0 Å². The summed E-state index contributed by atoms with van der Waals surface area (Å²) >= 11 is 0. The van der Waals surface area contributed by atoms with Crippen molar-refractivity contribution in [2.75, 3.05) is 0 Å². The zero-order chi connectivity index (χ0) is 39.3. The third kappa shape index (κ3) is 4.84. The third-order valence-corrected chi connectivity index (χ3v) is 12.2. The fourth-order valence-corrected chi connectivity index (χ4v) is 9.50. The zero-order valence-corrected chi connectivity index (χ0v) is 32.2. The van der Waals surface area contributed by atoms with E-state index in [1.165, 1.54) is 32.3 Å². The second kappa shape index (κ2) is 12.7. The van der Waals surface area contributed by atoms with E-state index in [4.69, 9.17) is 19.4 Å². The molecular formula is C55H32N4O. The summed E-state index contributed by atoms with van der Waals surface area (Å²) in [5, 5.41) is 13.6. The van der Waals surface area contributed by atoms with Crippen LogP contribution in [0.25, 0.3) is 127 Å². The molecule has 0 bridgehead atoms. The van der Waals surface area contributed by atoms with Gasteiger partial charge in [0.15, 0.2) is 17.5 Å². The average Bonchev–Trinajstić information content (AvgIpc) is 3.85. The smallest absolute Gasteiger partial charge is 0.166 e. The van der Waals surface area contributed by atoms with Crippen LogP contribution in [0.4, 0.5) is 0 Å². The monoisotopic (exact) mass is 764 g/mol. The maximum atomic E-state index is 6.66. The first kappa shape index (κ1) is 32.9. The fraction of sp³-hybridized carbons (Fsp3) is 0. The van der Waals surface area contributed by atoms with Crippen LogP contribution in [0.1, 0.15) is 0 Å². The summed E-state index contributed by atoms with van der Waals surface area (Å²) in [6, 6.07) is 68.6. The summed E-state index contributed by atoms with van der Waals surface area (Å²) < 4.78 is 9.10. The SMILES string of the molecule is c1ccc2cc3c(cc2c1)c1c2ccccc2ccc1n3-c1c(-c2nc(-c3cccc4ccccc34)nc(-c3cccc4ccccc34)n2)ccc2oc3ccccc3c12. The highest BCUT2D eigenvalue weighted by Gasteiger charge is 2.25. The van der Waals surface area contributed by atoms with Crippen molar-refractivity contribution in [3.8, 4) is 39.9 Å². The van der Waals surface area contributed by atoms with Crippen molar-refractivity contribution in [1.29, 1.82) is 0 Å². The molecule has 0 aliphatic heterocycles. The Morgan fingerprint density at radius 1 is 0.317 bits per heavy atom. The molecule has 278 valence electrons. The molecule has 0 unspecified atom stereocenters. The molecule has 60 heavy (non-hydrogen) atoms.